The molecule has 1 aliphatic rings. The topological polar surface area (TPSA) is 93.5 Å². The van der Waals surface area contributed by atoms with Crippen LogP contribution in [0.25, 0.3) is 11.1 Å². The third-order valence-corrected chi connectivity index (χ3v) is 5.66. The van der Waals surface area contributed by atoms with E-state index in [4.69, 9.17) is 4.74 Å². The highest BCUT2D eigenvalue weighted by atomic mass is 16.5. The Morgan fingerprint density at radius 1 is 1.10 bits per heavy atom. The zero-order chi connectivity index (χ0) is 21.3. The molecule has 0 saturated heterocycles. The number of imidazole rings is 1. The van der Waals surface area contributed by atoms with Gasteiger partial charge in [-0.1, -0.05) is 48.5 Å². The van der Waals surface area contributed by atoms with Crippen molar-refractivity contribution in [3.8, 4) is 11.1 Å². The molecule has 0 aliphatic heterocycles. The molecule has 7 heteroatoms. The van der Waals surface area contributed by atoms with E-state index in [0.717, 1.165) is 33.6 Å². The van der Waals surface area contributed by atoms with Gasteiger partial charge in [0.15, 0.2) is 0 Å². The van der Waals surface area contributed by atoms with E-state index < -0.39 is 18.1 Å². The summed E-state index contributed by atoms with van der Waals surface area (Å²) in [5, 5.41) is 12.0. The minimum atomic E-state index is -1.13. The van der Waals surface area contributed by atoms with Crippen LogP contribution in [0.1, 0.15) is 28.4 Å². The lowest BCUT2D eigenvalue weighted by Gasteiger charge is -2.18. The summed E-state index contributed by atoms with van der Waals surface area (Å²) in [6.07, 6.45) is 0.818. The van der Waals surface area contributed by atoms with Gasteiger partial charge in [-0.2, -0.15) is 0 Å². The molecular weight excluding hydrogens is 382 g/mol. The molecule has 154 valence electrons. The lowest BCUT2D eigenvalue weighted by molar-refractivity contribution is -0.139. The maximum atomic E-state index is 12.4. The number of aliphatic carboxylic acids is 1. The van der Waals surface area contributed by atoms with Crippen LogP contribution in [0.5, 0.6) is 0 Å². The first-order valence-electron chi connectivity index (χ1n) is 9.78. The van der Waals surface area contributed by atoms with Crippen molar-refractivity contribution >= 4 is 12.1 Å². The summed E-state index contributed by atoms with van der Waals surface area (Å²) >= 11 is 0. The second-order valence-corrected chi connectivity index (χ2v) is 7.43. The molecule has 2 N–H and O–H groups in total. The summed E-state index contributed by atoms with van der Waals surface area (Å²) in [7, 11) is 0. The minimum Gasteiger partial charge on any atom is -0.480 e. The molecule has 1 unspecified atom stereocenters. The number of nitrogens with zero attached hydrogens (tertiary/aromatic N) is 2. The molecule has 0 fully saturated rings. The maximum absolute atomic E-state index is 12.4. The number of carboxylic acids is 1. The number of benzene rings is 2. The first-order chi connectivity index (χ1) is 14.5. The van der Waals surface area contributed by atoms with Crippen LogP contribution in [-0.2, 0) is 16.1 Å². The molecule has 30 heavy (non-hydrogen) atoms. The highest BCUT2D eigenvalue weighted by Gasteiger charge is 2.30. The number of alkyl carbamates (subject to hydrolysis) is 1. The molecule has 4 rings (SSSR count). The average molecular weight is 405 g/mol. The second-order valence-electron chi connectivity index (χ2n) is 7.43. The van der Waals surface area contributed by atoms with Crippen molar-refractivity contribution in [1.82, 2.24) is 14.9 Å². The normalized spacial score (nSPS) is 13.4. The number of ether oxygens (including phenoxy) is 1. The van der Waals surface area contributed by atoms with Gasteiger partial charge in [0.25, 0.3) is 0 Å². The molecule has 0 saturated carbocycles. The van der Waals surface area contributed by atoms with Gasteiger partial charge in [-0.25, -0.2) is 14.6 Å². The van der Waals surface area contributed by atoms with Crippen LogP contribution in [0.3, 0.4) is 0 Å². The molecule has 2 aromatic carbocycles. The fourth-order valence-electron chi connectivity index (χ4n) is 3.89. The van der Waals surface area contributed by atoms with Crippen LogP contribution in [0.2, 0.25) is 0 Å². The number of hydrogen-bond donors (Lipinski definition) is 2. The van der Waals surface area contributed by atoms with E-state index in [1.165, 1.54) is 0 Å². The smallest absolute Gasteiger partial charge is 0.407 e. The Kier molecular flexibility index (Phi) is 5.27. The van der Waals surface area contributed by atoms with Gasteiger partial charge < -0.3 is 19.7 Å². The van der Waals surface area contributed by atoms with Crippen LogP contribution >= 0.6 is 0 Å². The van der Waals surface area contributed by atoms with Gasteiger partial charge in [-0.3, -0.25) is 0 Å². The number of aryl methyl sites for hydroxylation is 1. The van der Waals surface area contributed by atoms with Gasteiger partial charge in [0.2, 0.25) is 0 Å². The van der Waals surface area contributed by atoms with E-state index >= 15 is 0 Å². The van der Waals surface area contributed by atoms with E-state index in [2.05, 4.69) is 22.4 Å². The van der Waals surface area contributed by atoms with Crippen LogP contribution in [0.4, 0.5) is 4.79 Å². The first-order valence-corrected chi connectivity index (χ1v) is 9.78. The second kappa shape index (κ2) is 8.02. The highest BCUT2D eigenvalue weighted by molar-refractivity contribution is 5.81. The van der Waals surface area contributed by atoms with Crippen molar-refractivity contribution in [3.63, 3.8) is 0 Å². The Hall–Kier alpha value is -3.61. The zero-order valence-corrected chi connectivity index (χ0v) is 16.8. The number of carboxylic acid groups (broad SMARTS) is 1. The van der Waals surface area contributed by atoms with E-state index in [1.807, 2.05) is 50.2 Å². The number of aromatic nitrogens is 2. The lowest BCUT2D eigenvalue weighted by Crippen LogP contribution is -2.44. The molecular formula is C23H23N3O4. The summed E-state index contributed by atoms with van der Waals surface area (Å²) in [6.45, 7) is 3.91. The van der Waals surface area contributed by atoms with Gasteiger partial charge in [-0.05, 0) is 36.1 Å². The van der Waals surface area contributed by atoms with Gasteiger partial charge >= 0.3 is 12.1 Å². The third kappa shape index (κ3) is 3.66. The number of fused-ring (bicyclic) bond motifs is 3. The zero-order valence-electron chi connectivity index (χ0n) is 16.8. The first kappa shape index (κ1) is 19.7. The molecule has 1 atom stereocenters. The summed E-state index contributed by atoms with van der Waals surface area (Å²) < 4.78 is 7.16. The Bertz CT molecular complexity index is 1060. The number of hydrogen-bond acceptors (Lipinski definition) is 4. The van der Waals surface area contributed by atoms with E-state index in [1.54, 1.807) is 10.9 Å². The molecule has 1 aromatic heterocycles. The van der Waals surface area contributed by atoms with Crippen molar-refractivity contribution < 1.29 is 19.4 Å². The Morgan fingerprint density at radius 3 is 2.23 bits per heavy atom. The molecule has 0 radical (unpaired) electrons. The van der Waals surface area contributed by atoms with Gasteiger partial charge in [-0.15, -0.1) is 0 Å². The number of rotatable bonds is 6. The fraction of sp³-hybridized carbons (Fsp3) is 0.261. The summed E-state index contributed by atoms with van der Waals surface area (Å²) in [5.74, 6) is -1.21. The molecule has 0 bridgehead atoms. The Morgan fingerprint density at radius 2 is 1.70 bits per heavy atom. The van der Waals surface area contributed by atoms with E-state index in [-0.39, 0.29) is 19.1 Å². The monoisotopic (exact) mass is 405 g/mol. The Balaban J connectivity index is 1.44. The fourth-order valence-corrected chi connectivity index (χ4v) is 3.89. The van der Waals surface area contributed by atoms with Crippen LogP contribution in [0.15, 0.2) is 54.9 Å². The number of carbonyl (C=O) groups excluding carboxylic acids is 1. The van der Waals surface area contributed by atoms with Crippen molar-refractivity contribution in [3.05, 3.63) is 77.4 Å². The highest BCUT2D eigenvalue weighted by Crippen LogP contribution is 2.44. The number of nitrogens with one attached hydrogen (secondary N) is 1. The number of amides is 1. The summed E-state index contributed by atoms with van der Waals surface area (Å²) in [4.78, 5) is 28.2. The van der Waals surface area contributed by atoms with Crippen molar-refractivity contribution in [2.45, 2.75) is 32.4 Å². The molecule has 1 heterocycles. The van der Waals surface area contributed by atoms with Crippen molar-refractivity contribution in [1.29, 1.82) is 0 Å². The maximum Gasteiger partial charge on any atom is 0.407 e. The average Bonchev–Trinajstić information content (AvgIpc) is 3.23. The predicted octanol–water partition coefficient (Wildman–Crippen LogP) is 3.49. The van der Waals surface area contributed by atoms with Gasteiger partial charge in [0.05, 0.1) is 18.6 Å². The summed E-state index contributed by atoms with van der Waals surface area (Å²) in [5.41, 5.74) is 6.15. The Labute approximate surface area is 174 Å². The molecule has 0 spiro atoms. The van der Waals surface area contributed by atoms with Crippen molar-refractivity contribution in [2.75, 3.05) is 6.61 Å². The molecule has 1 amide bonds. The summed E-state index contributed by atoms with van der Waals surface area (Å²) in [6, 6.07) is 15.0. The van der Waals surface area contributed by atoms with Crippen LogP contribution in [-0.4, -0.2) is 39.4 Å². The molecule has 7 nitrogen and oxygen atoms in total. The standard InChI is InChI=1S/C23H23N3O4/c1-14-15(2)26(13-24-14)11-21(22(27)28)25-23(29)30-12-20-18-9-5-3-7-16(18)17-8-4-6-10-19(17)20/h3-10,13,20-21H,11-12H2,1-2H3,(H,25,29)(H,27,28). The largest absolute Gasteiger partial charge is 0.480 e. The molecule has 3 aromatic rings. The quantitative estimate of drug-likeness (QED) is 0.655. The van der Waals surface area contributed by atoms with Gasteiger partial charge in [0.1, 0.15) is 12.6 Å². The van der Waals surface area contributed by atoms with E-state index in [0.29, 0.717) is 0 Å². The van der Waals surface area contributed by atoms with Gasteiger partial charge in [0, 0.05) is 11.6 Å². The van der Waals surface area contributed by atoms with Crippen molar-refractivity contribution in [2.24, 2.45) is 0 Å². The lowest BCUT2D eigenvalue weighted by atomic mass is 9.98. The predicted molar refractivity (Wildman–Crippen MR) is 111 cm³/mol. The molecule has 1 aliphatic carbocycles. The third-order valence-electron chi connectivity index (χ3n) is 5.66. The van der Waals surface area contributed by atoms with Crippen LogP contribution in [0, 0.1) is 13.8 Å². The minimum absolute atomic E-state index is 0.0756. The number of carbonyl (C=O) groups is 2. The van der Waals surface area contributed by atoms with Crippen LogP contribution < -0.4 is 5.32 Å². The SMILES string of the molecule is Cc1ncn(CC(NC(=O)OCC2c3ccccc3-c3ccccc32)C(=O)O)c1C. The van der Waals surface area contributed by atoms with E-state index in [9.17, 15) is 14.7 Å².